The van der Waals surface area contributed by atoms with Crippen LogP contribution in [0.4, 0.5) is 10.1 Å². The molecule has 1 N–H and O–H groups in total. The third kappa shape index (κ3) is 4.81. The second-order valence-electron chi connectivity index (χ2n) is 10.1. The SMILES string of the molecule is COc1cnc2cccc(C(O)CN3CCN(c4cc5c(cc4F)c(=O)c(OC=O)cn5C4CC4)CC3)c2c1. The molecule has 2 fully saturated rings. The highest BCUT2D eigenvalue weighted by molar-refractivity contribution is 5.85. The van der Waals surface area contributed by atoms with Crippen molar-refractivity contribution in [3.05, 3.63) is 70.4 Å². The first kappa shape index (κ1) is 25.3. The maximum Gasteiger partial charge on any atom is 0.298 e. The molecule has 1 saturated carbocycles. The molecule has 1 atom stereocenters. The summed E-state index contributed by atoms with van der Waals surface area (Å²) < 4.78 is 27.4. The number of piperazine rings is 1. The van der Waals surface area contributed by atoms with Crippen molar-refractivity contribution in [1.82, 2.24) is 14.5 Å². The Morgan fingerprint density at radius 1 is 1.15 bits per heavy atom. The highest BCUT2D eigenvalue weighted by Gasteiger charge is 2.28. The van der Waals surface area contributed by atoms with E-state index in [1.807, 2.05) is 33.7 Å². The molecule has 2 aromatic heterocycles. The van der Waals surface area contributed by atoms with Crippen molar-refractivity contribution in [1.29, 1.82) is 0 Å². The smallest absolute Gasteiger partial charge is 0.298 e. The molecule has 4 aromatic rings. The van der Waals surface area contributed by atoms with Gasteiger partial charge >= 0.3 is 0 Å². The Morgan fingerprint density at radius 3 is 2.67 bits per heavy atom. The number of hydrogen-bond donors (Lipinski definition) is 1. The molecule has 10 heteroatoms. The van der Waals surface area contributed by atoms with Crippen molar-refractivity contribution in [2.75, 3.05) is 44.7 Å². The van der Waals surface area contributed by atoms with Gasteiger partial charge in [-0.2, -0.15) is 0 Å². The zero-order valence-electron chi connectivity index (χ0n) is 21.5. The van der Waals surface area contributed by atoms with E-state index in [-0.39, 0.29) is 23.6 Å². The highest BCUT2D eigenvalue weighted by Crippen LogP contribution is 2.39. The van der Waals surface area contributed by atoms with Gasteiger partial charge in [-0.25, -0.2) is 4.39 Å². The lowest BCUT2D eigenvalue weighted by Crippen LogP contribution is -2.47. The second-order valence-corrected chi connectivity index (χ2v) is 10.1. The van der Waals surface area contributed by atoms with Gasteiger partial charge in [-0.05, 0) is 42.7 Å². The van der Waals surface area contributed by atoms with Gasteiger partial charge in [0.1, 0.15) is 11.6 Å². The summed E-state index contributed by atoms with van der Waals surface area (Å²) in [4.78, 5) is 32.2. The summed E-state index contributed by atoms with van der Waals surface area (Å²) >= 11 is 0. The normalized spacial score (nSPS) is 16.9. The maximum atomic E-state index is 15.3. The second kappa shape index (κ2) is 10.3. The summed E-state index contributed by atoms with van der Waals surface area (Å²) in [5.74, 6) is 0.0489. The Labute approximate surface area is 224 Å². The van der Waals surface area contributed by atoms with Crippen LogP contribution in [0, 0.1) is 5.82 Å². The van der Waals surface area contributed by atoms with Crippen LogP contribution in [0.15, 0.2) is 53.6 Å². The number of anilines is 1. The summed E-state index contributed by atoms with van der Waals surface area (Å²) in [6.07, 6.45) is 4.39. The van der Waals surface area contributed by atoms with Crippen molar-refractivity contribution in [3.63, 3.8) is 0 Å². The number of pyridine rings is 2. The minimum atomic E-state index is -0.720. The average Bonchev–Trinajstić information content (AvgIpc) is 3.80. The standard InChI is InChI=1S/C29H29FN4O5/c1-38-19-11-21-20(3-2-4-24(21)31-14-19)27(36)15-32-7-9-33(10-8-32)26-13-25-22(12-23(26)30)29(37)28(39-17-35)16-34(25)18-5-6-18/h2-4,11-14,16-18,27,36H,5-10,15H2,1H3. The number of benzene rings is 2. The number of aliphatic hydroxyl groups excluding tert-OH is 1. The van der Waals surface area contributed by atoms with Gasteiger partial charge in [-0.3, -0.25) is 19.5 Å². The summed E-state index contributed by atoms with van der Waals surface area (Å²) in [6.45, 7) is 3.07. The van der Waals surface area contributed by atoms with E-state index in [1.165, 1.54) is 6.07 Å². The van der Waals surface area contributed by atoms with Crippen LogP contribution >= 0.6 is 0 Å². The van der Waals surface area contributed by atoms with Crippen molar-refractivity contribution < 1.29 is 23.8 Å². The number of aromatic nitrogens is 2. The Balaban J connectivity index is 1.20. The lowest BCUT2D eigenvalue weighted by Gasteiger charge is -2.37. The molecule has 1 unspecified atom stereocenters. The maximum absolute atomic E-state index is 15.3. The van der Waals surface area contributed by atoms with Crippen molar-refractivity contribution >= 4 is 34.0 Å². The predicted octanol–water partition coefficient (Wildman–Crippen LogP) is 3.42. The van der Waals surface area contributed by atoms with Gasteiger partial charge in [-0.1, -0.05) is 12.1 Å². The number of hydrogen-bond acceptors (Lipinski definition) is 8. The number of nitrogens with zero attached hydrogens (tertiary/aromatic N) is 4. The highest BCUT2D eigenvalue weighted by atomic mass is 19.1. The molecule has 202 valence electrons. The minimum absolute atomic E-state index is 0.0934. The number of ether oxygens (including phenoxy) is 2. The fourth-order valence-electron chi connectivity index (χ4n) is 5.44. The zero-order valence-corrected chi connectivity index (χ0v) is 21.5. The van der Waals surface area contributed by atoms with E-state index in [2.05, 4.69) is 9.88 Å². The summed E-state index contributed by atoms with van der Waals surface area (Å²) in [7, 11) is 1.59. The molecule has 1 aliphatic carbocycles. The van der Waals surface area contributed by atoms with Crippen molar-refractivity contribution in [3.8, 4) is 11.5 Å². The molecule has 3 heterocycles. The quantitative estimate of drug-likeness (QED) is 0.345. The topological polar surface area (TPSA) is 97.1 Å². The van der Waals surface area contributed by atoms with Crippen LogP contribution < -0.4 is 19.8 Å². The molecule has 2 aromatic carbocycles. The van der Waals surface area contributed by atoms with Crippen LogP contribution in [0.3, 0.4) is 0 Å². The number of rotatable bonds is 8. The third-order valence-corrected chi connectivity index (χ3v) is 7.66. The Hall–Kier alpha value is -4.02. The molecule has 6 rings (SSSR count). The lowest BCUT2D eigenvalue weighted by molar-refractivity contribution is -0.120. The number of fused-ring (bicyclic) bond motifs is 2. The molecule has 0 spiro atoms. The van der Waals surface area contributed by atoms with Gasteiger partial charge in [-0.15, -0.1) is 0 Å². The van der Waals surface area contributed by atoms with Crippen LogP contribution in [0.25, 0.3) is 21.8 Å². The Bertz CT molecular complexity index is 1610. The number of halogens is 1. The van der Waals surface area contributed by atoms with Gasteiger partial charge < -0.3 is 24.0 Å². The van der Waals surface area contributed by atoms with Gasteiger partial charge in [0.05, 0.1) is 47.7 Å². The van der Waals surface area contributed by atoms with E-state index in [1.54, 1.807) is 25.6 Å². The summed E-state index contributed by atoms with van der Waals surface area (Å²) in [5.41, 5.74) is 2.15. The van der Waals surface area contributed by atoms with Gasteiger partial charge in [0.15, 0.2) is 5.75 Å². The lowest BCUT2D eigenvalue weighted by atomic mass is 10.0. The first-order chi connectivity index (χ1) is 19.0. The molecule has 1 aliphatic heterocycles. The largest absolute Gasteiger partial charge is 0.495 e. The van der Waals surface area contributed by atoms with E-state index in [4.69, 9.17) is 9.47 Å². The monoisotopic (exact) mass is 532 g/mol. The van der Waals surface area contributed by atoms with E-state index < -0.39 is 17.3 Å². The molecule has 1 saturated heterocycles. The van der Waals surface area contributed by atoms with E-state index >= 15 is 4.39 Å². The van der Waals surface area contributed by atoms with Crippen molar-refractivity contribution in [2.45, 2.75) is 25.0 Å². The average molecular weight is 533 g/mol. The van der Waals surface area contributed by atoms with E-state index in [9.17, 15) is 14.7 Å². The first-order valence-electron chi connectivity index (χ1n) is 13.0. The van der Waals surface area contributed by atoms with Crippen LogP contribution in [0.2, 0.25) is 0 Å². The molecule has 39 heavy (non-hydrogen) atoms. The van der Waals surface area contributed by atoms with Crippen LogP contribution in [0.5, 0.6) is 11.5 Å². The fourth-order valence-corrected chi connectivity index (χ4v) is 5.44. The number of carbonyl (C=O) groups is 1. The summed E-state index contributed by atoms with van der Waals surface area (Å²) in [6, 6.07) is 10.8. The van der Waals surface area contributed by atoms with Crippen LogP contribution in [-0.2, 0) is 4.79 Å². The van der Waals surface area contributed by atoms with Gasteiger partial charge in [0, 0.05) is 44.2 Å². The fraction of sp³-hybridized carbons (Fsp3) is 0.345. The molecule has 0 radical (unpaired) electrons. The van der Waals surface area contributed by atoms with Gasteiger partial charge in [0.2, 0.25) is 5.43 Å². The summed E-state index contributed by atoms with van der Waals surface area (Å²) in [5, 5.41) is 12.2. The first-order valence-corrected chi connectivity index (χ1v) is 13.0. The predicted molar refractivity (Wildman–Crippen MR) is 145 cm³/mol. The third-order valence-electron chi connectivity index (χ3n) is 7.66. The Kier molecular flexibility index (Phi) is 6.66. The van der Waals surface area contributed by atoms with E-state index in [0.29, 0.717) is 49.7 Å². The molecule has 9 nitrogen and oxygen atoms in total. The number of methoxy groups -OCH3 is 1. The Morgan fingerprint density at radius 2 is 1.95 bits per heavy atom. The van der Waals surface area contributed by atoms with Crippen molar-refractivity contribution in [2.24, 2.45) is 0 Å². The molecule has 0 amide bonds. The molecule has 2 aliphatic rings. The van der Waals surface area contributed by atoms with Gasteiger partial charge in [0.25, 0.3) is 6.47 Å². The number of carbonyl (C=O) groups excluding carboxylic acids is 1. The van der Waals surface area contributed by atoms with E-state index in [0.717, 1.165) is 29.3 Å². The molecule has 0 bridgehead atoms. The zero-order chi connectivity index (χ0) is 27.1. The number of aliphatic hydroxyl groups is 1. The molecular weight excluding hydrogens is 503 g/mol. The van der Waals surface area contributed by atoms with Crippen LogP contribution in [0.1, 0.15) is 30.6 Å². The minimum Gasteiger partial charge on any atom is -0.495 e. The van der Waals surface area contributed by atoms with Crippen LogP contribution in [-0.4, -0.2) is 65.9 Å². The molecular formula is C29H29FN4O5. The number of β-amino-alcohol motifs (C(OH)–C–C–N with tert-alkyl or cyclic N) is 1.